The zero-order valence-corrected chi connectivity index (χ0v) is 11.2. The molecule has 0 saturated carbocycles. The molecule has 1 aliphatic heterocycles. The zero-order valence-electron chi connectivity index (χ0n) is 8.85. The molecule has 1 heterocycles. The summed E-state index contributed by atoms with van der Waals surface area (Å²) in [5.41, 5.74) is 0. The van der Waals surface area contributed by atoms with Crippen molar-refractivity contribution in [2.24, 2.45) is 4.99 Å². The summed E-state index contributed by atoms with van der Waals surface area (Å²) in [7, 11) is 0. The molecule has 0 aromatic carbocycles. The molecule has 0 bridgehead atoms. The van der Waals surface area contributed by atoms with Crippen LogP contribution in [0.15, 0.2) is 29.0 Å². The summed E-state index contributed by atoms with van der Waals surface area (Å²) in [6.45, 7) is 0.488. The number of thioether (sulfide) groups is 1. The molecule has 0 spiro atoms. The van der Waals surface area contributed by atoms with Crippen molar-refractivity contribution in [1.82, 2.24) is 0 Å². The van der Waals surface area contributed by atoms with Gasteiger partial charge in [-0.2, -0.15) is 5.26 Å². The quantitative estimate of drug-likeness (QED) is 0.747. The average Bonchev–Trinajstić information content (AvgIpc) is 2.70. The Morgan fingerprint density at radius 2 is 2.41 bits per heavy atom. The van der Waals surface area contributed by atoms with Crippen molar-refractivity contribution in [3.8, 4) is 6.07 Å². The molecule has 17 heavy (non-hydrogen) atoms. The first-order chi connectivity index (χ1) is 8.19. The lowest BCUT2D eigenvalue weighted by atomic mass is 10.1. The fourth-order valence-electron chi connectivity index (χ4n) is 1.55. The van der Waals surface area contributed by atoms with Gasteiger partial charge in [0, 0.05) is 6.42 Å². The van der Waals surface area contributed by atoms with Crippen molar-refractivity contribution >= 4 is 40.0 Å². The molecule has 0 radical (unpaired) electrons. The molecule has 6 heteroatoms. The molecule has 0 aromatic heterocycles. The number of alkyl halides is 2. The van der Waals surface area contributed by atoms with Crippen LogP contribution in [0.5, 0.6) is 0 Å². The van der Waals surface area contributed by atoms with Crippen LogP contribution in [0.3, 0.4) is 0 Å². The van der Waals surface area contributed by atoms with Crippen molar-refractivity contribution in [3.63, 3.8) is 0 Å². The maximum atomic E-state index is 8.77. The third-order valence-corrected chi connectivity index (χ3v) is 3.88. The summed E-state index contributed by atoms with van der Waals surface area (Å²) in [6.07, 6.45) is 6.41. The van der Waals surface area contributed by atoms with Crippen LogP contribution in [-0.2, 0) is 4.74 Å². The third kappa shape index (κ3) is 3.41. The van der Waals surface area contributed by atoms with Crippen LogP contribution < -0.4 is 0 Å². The highest BCUT2D eigenvalue weighted by molar-refractivity contribution is 8.15. The highest BCUT2D eigenvalue weighted by atomic mass is 35.5. The number of rotatable bonds is 4. The molecular formula is C11H10Cl2N2OS. The number of halogens is 2. The molecule has 0 amide bonds. The number of ether oxygens (including phenoxy) is 1. The van der Waals surface area contributed by atoms with Crippen molar-refractivity contribution in [3.05, 3.63) is 24.0 Å². The van der Waals surface area contributed by atoms with Crippen molar-refractivity contribution in [1.29, 1.82) is 5.26 Å². The van der Waals surface area contributed by atoms with E-state index in [0.29, 0.717) is 18.1 Å². The summed E-state index contributed by atoms with van der Waals surface area (Å²) in [5, 5.41) is 9.48. The number of fused-ring (bicyclic) bond motifs is 1. The zero-order chi connectivity index (χ0) is 12.3. The van der Waals surface area contributed by atoms with Crippen LogP contribution >= 0.6 is 35.0 Å². The smallest absolute Gasteiger partial charge is 0.170 e. The molecule has 0 N–H and O–H groups in total. The molecule has 0 aromatic rings. The second-order valence-corrected chi connectivity index (χ2v) is 6.02. The van der Waals surface area contributed by atoms with Crippen LogP contribution in [0, 0.1) is 11.3 Å². The summed E-state index contributed by atoms with van der Waals surface area (Å²) < 4.78 is 5.53. The second-order valence-electron chi connectivity index (χ2n) is 3.58. The molecule has 0 fully saturated rings. The van der Waals surface area contributed by atoms with E-state index in [2.05, 4.69) is 11.1 Å². The topological polar surface area (TPSA) is 45.4 Å². The maximum Gasteiger partial charge on any atom is 0.170 e. The number of nitriles is 1. The first-order valence-corrected chi connectivity index (χ1v) is 6.90. The lowest BCUT2D eigenvalue weighted by molar-refractivity contribution is 0.221. The van der Waals surface area contributed by atoms with Gasteiger partial charge in [-0.15, -0.1) is 23.2 Å². The van der Waals surface area contributed by atoms with Crippen LogP contribution in [0.1, 0.15) is 6.42 Å². The van der Waals surface area contributed by atoms with E-state index in [0.717, 1.165) is 5.76 Å². The fourth-order valence-corrected chi connectivity index (χ4v) is 2.72. The Kier molecular flexibility index (Phi) is 4.38. The molecule has 3 nitrogen and oxygen atoms in total. The minimum absolute atomic E-state index is 0.0656. The van der Waals surface area contributed by atoms with Crippen LogP contribution in [0.2, 0.25) is 0 Å². The second kappa shape index (κ2) is 5.81. The Morgan fingerprint density at radius 3 is 3.12 bits per heavy atom. The van der Waals surface area contributed by atoms with E-state index >= 15 is 0 Å². The molecule has 90 valence electrons. The first-order valence-electron chi connectivity index (χ1n) is 5.14. The number of hydrogen-bond donors (Lipinski definition) is 0. The van der Waals surface area contributed by atoms with E-state index < -0.39 is 4.84 Å². The fraction of sp³-hybridized carbons (Fsp3) is 0.455. The van der Waals surface area contributed by atoms with Gasteiger partial charge < -0.3 is 4.74 Å². The van der Waals surface area contributed by atoms with E-state index in [1.165, 1.54) is 11.8 Å². The summed E-state index contributed by atoms with van der Waals surface area (Å²) in [4.78, 5) is 3.86. The van der Waals surface area contributed by atoms with Crippen LogP contribution in [0.25, 0.3) is 0 Å². The number of aliphatic imine (C=N–C) groups is 1. The highest BCUT2D eigenvalue weighted by Crippen LogP contribution is 2.32. The van der Waals surface area contributed by atoms with E-state index in [1.807, 2.05) is 18.2 Å². The molecular weight excluding hydrogens is 279 g/mol. The molecule has 2 rings (SSSR count). The van der Waals surface area contributed by atoms with Gasteiger partial charge in [0.2, 0.25) is 0 Å². The Bertz CT molecular complexity index is 426. The Hall–Kier alpha value is -0.630. The monoisotopic (exact) mass is 288 g/mol. The van der Waals surface area contributed by atoms with Crippen LogP contribution in [-0.4, -0.2) is 27.8 Å². The van der Waals surface area contributed by atoms with Gasteiger partial charge in [-0.3, -0.25) is 4.99 Å². The Labute approximate surface area is 114 Å². The van der Waals surface area contributed by atoms with E-state index in [9.17, 15) is 0 Å². The lowest BCUT2D eigenvalue weighted by Gasteiger charge is -2.17. The molecule has 2 atom stereocenters. The van der Waals surface area contributed by atoms with E-state index in [4.69, 9.17) is 33.2 Å². The average molecular weight is 289 g/mol. The van der Waals surface area contributed by atoms with E-state index in [-0.39, 0.29) is 11.3 Å². The van der Waals surface area contributed by atoms with Crippen molar-refractivity contribution in [2.75, 3.05) is 6.61 Å². The van der Waals surface area contributed by atoms with Gasteiger partial charge in [0.1, 0.15) is 16.7 Å². The lowest BCUT2D eigenvalue weighted by Crippen LogP contribution is -2.16. The maximum absolute atomic E-state index is 8.77. The Balaban J connectivity index is 1.88. The minimum atomic E-state index is -0.398. The predicted molar refractivity (Wildman–Crippen MR) is 71.5 cm³/mol. The Morgan fingerprint density at radius 1 is 1.59 bits per heavy atom. The van der Waals surface area contributed by atoms with Gasteiger partial charge in [-0.25, -0.2) is 0 Å². The molecule has 2 aliphatic rings. The van der Waals surface area contributed by atoms with Crippen molar-refractivity contribution < 1.29 is 4.74 Å². The van der Waals surface area contributed by atoms with E-state index in [1.54, 1.807) is 0 Å². The molecule has 1 aliphatic carbocycles. The number of nitrogens with zero attached hydrogens (tertiary/aromatic N) is 2. The largest absolute Gasteiger partial charge is 0.494 e. The van der Waals surface area contributed by atoms with Gasteiger partial charge in [0.15, 0.2) is 5.04 Å². The van der Waals surface area contributed by atoms with Gasteiger partial charge in [0.25, 0.3) is 0 Å². The first kappa shape index (κ1) is 12.8. The predicted octanol–water partition coefficient (Wildman–Crippen LogP) is 3.06. The summed E-state index contributed by atoms with van der Waals surface area (Å²) >= 11 is 12.7. The van der Waals surface area contributed by atoms with Crippen LogP contribution in [0.4, 0.5) is 0 Å². The normalized spacial score (nSPS) is 26.2. The summed E-state index contributed by atoms with van der Waals surface area (Å²) in [5.74, 6) is 0.794. The van der Waals surface area contributed by atoms with Gasteiger partial charge in [-0.1, -0.05) is 17.8 Å². The molecule has 0 saturated heterocycles. The van der Waals surface area contributed by atoms with Gasteiger partial charge in [-0.05, 0) is 12.2 Å². The highest BCUT2D eigenvalue weighted by Gasteiger charge is 2.29. The number of allylic oxidation sites excluding steroid dienone is 1. The van der Waals surface area contributed by atoms with Crippen molar-refractivity contribution in [2.45, 2.75) is 22.5 Å². The third-order valence-electron chi connectivity index (χ3n) is 2.34. The standard InChI is InChI=1S/C11H10Cl2N2OS/c12-10(13)3-4-16-7-1-2-8-9(5-7)17-11(6-14)15-8/h1-2,5,8-10H,3-4H2. The van der Waals surface area contributed by atoms with Gasteiger partial charge >= 0.3 is 0 Å². The number of hydrogen-bond acceptors (Lipinski definition) is 4. The van der Waals surface area contributed by atoms with Gasteiger partial charge in [0.05, 0.1) is 17.9 Å². The summed E-state index contributed by atoms with van der Waals surface area (Å²) in [6, 6.07) is 2.13. The molecule has 2 unspecified atom stereocenters. The SMILES string of the molecule is N#CC1=NC2C=CC(OCCC(Cl)Cl)=CC2S1. The minimum Gasteiger partial charge on any atom is -0.494 e.